The van der Waals surface area contributed by atoms with E-state index in [1.165, 1.54) is 17.7 Å². The molecule has 0 radical (unpaired) electrons. The maximum atomic E-state index is 12.3. The third kappa shape index (κ3) is 3.65. The number of carbonyl (C=O) groups is 1. The smallest absolute Gasteiger partial charge is 0.230 e. The Morgan fingerprint density at radius 1 is 1.15 bits per heavy atom. The van der Waals surface area contributed by atoms with Gasteiger partial charge in [0.1, 0.15) is 17.7 Å². The summed E-state index contributed by atoms with van der Waals surface area (Å²) >= 11 is 1.50. The number of rotatable bonds is 5. The van der Waals surface area contributed by atoms with Crippen LogP contribution in [0.2, 0.25) is 0 Å². The average molecular weight is 362 g/mol. The Morgan fingerprint density at radius 3 is 2.77 bits per heavy atom. The van der Waals surface area contributed by atoms with Gasteiger partial charge < -0.3 is 5.32 Å². The molecule has 0 aliphatic heterocycles. The van der Waals surface area contributed by atoms with Crippen molar-refractivity contribution in [1.29, 1.82) is 0 Å². The Bertz CT molecular complexity index is 996. The van der Waals surface area contributed by atoms with Crippen LogP contribution in [-0.2, 0) is 11.2 Å². The lowest BCUT2D eigenvalue weighted by atomic mass is 10.2. The Balaban J connectivity index is 1.39. The molecule has 0 aliphatic carbocycles. The number of hydrogen-bond acceptors (Lipinski definition) is 6. The third-order valence-electron chi connectivity index (χ3n) is 3.64. The molecule has 1 N–H and O–H groups in total. The van der Waals surface area contributed by atoms with Crippen molar-refractivity contribution in [2.45, 2.75) is 6.42 Å². The van der Waals surface area contributed by atoms with Crippen LogP contribution < -0.4 is 5.32 Å². The zero-order valence-corrected chi connectivity index (χ0v) is 14.4. The molecule has 0 spiro atoms. The van der Waals surface area contributed by atoms with Gasteiger partial charge >= 0.3 is 0 Å². The van der Waals surface area contributed by atoms with Crippen LogP contribution in [0.1, 0.15) is 5.69 Å². The predicted octanol–water partition coefficient (Wildman–Crippen LogP) is 2.97. The average Bonchev–Trinajstić information content (AvgIpc) is 3.35. The molecule has 0 fully saturated rings. The molecule has 0 saturated heterocycles. The van der Waals surface area contributed by atoms with Gasteiger partial charge in [-0.2, -0.15) is 5.10 Å². The molecule has 3 heterocycles. The van der Waals surface area contributed by atoms with Crippen LogP contribution in [-0.4, -0.2) is 30.6 Å². The first-order valence-electron chi connectivity index (χ1n) is 7.88. The fraction of sp³-hybridized carbons (Fsp3) is 0.0556. The molecule has 0 aliphatic rings. The highest BCUT2D eigenvalue weighted by Crippen LogP contribution is 2.23. The van der Waals surface area contributed by atoms with Crippen LogP contribution in [0, 0.1) is 0 Å². The van der Waals surface area contributed by atoms with Gasteiger partial charge in [0.2, 0.25) is 5.91 Å². The third-order valence-corrected chi connectivity index (χ3v) is 4.58. The molecular weight excluding hydrogens is 348 g/mol. The summed E-state index contributed by atoms with van der Waals surface area (Å²) in [5, 5.41) is 9.70. The number of carbonyl (C=O) groups excluding carboxylic acids is 1. The molecule has 1 amide bonds. The summed E-state index contributed by atoms with van der Waals surface area (Å²) < 4.78 is 1.65. The Morgan fingerprint density at radius 2 is 2.04 bits per heavy atom. The number of anilines is 1. The summed E-state index contributed by atoms with van der Waals surface area (Å²) in [5.41, 5.74) is 3.29. The van der Waals surface area contributed by atoms with Crippen LogP contribution in [0.3, 0.4) is 0 Å². The second-order valence-corrected chi connectivity index (χ2v) is 6.36. The number of pyridine rings is 1. The summed E-state index contributed by atoms with van der Waals surface area (Å²) in [6.07, 6.45) is 6.81. The van der Waals surface area contributed by atoms with Gasteiger partial charge in [-0.15, -0.1) is 11.3 Å². The minimum absolute atomic E-state index is 0.110. The first kappa shape index (κ1) is 16.1. The largest absolute Gasteiger partial charge is 0.326 e. The fourth-order valence-electron chi connectivity index (χ4n) is 2.42. The standard InChI is InChI=1S/C18H14N6OS/c25-17(8-15-10-26-18(23-15)13-2-1-7-19-9-13)22-14-3-5-16(6-4-14)24-12-20-11-21-24/h1-7,9-12H,8H2,(H,22,25). The van der Waals surface area contributed by atoms with E-state index in [9.17, 15) is 4.79 Å². The zero-order chi connectivity index (χ0) is 17.8. The first-order valence-corrected chi connectivity index (χ1v) is 8.75. The number of aromatic nitrogens is 5. The SMILES string of the molecule is O=C(Cc1csc(-c2cccnc2)n1)Nc1ccc(-n2cncn2)cc1. The molecule has 4 rings (SSSR count). The molecule has 1 aromatic carbocycles. The second-order valence-electron chi connectivity index (χ2n) is 5.50. The van der Waals surface area contributed by atoms with E-state index in [1.54, 1.807) is 23.4 Å². The van der Waals surface area contributed by atoms with Crippen molar-refractivity contribution in [3.8, 4) is 16.3 Å². The first-order chi connectivity index (χ1) is 12.8. The monoisotopic (exact) mass is 362 g/mol. The van der Waals surface area contributed by atoms with Gasteiger partial charge in [0.15, 0.2) is 0 Å². The number of hydrogen-bond donors (Lipinski definition) is 1. The maximum Gasteiger partial charge on any atom is 0.230 e. The molecule has 4 aromatic rings. The van der Waals surface area contributed by atoms with E-state index >= 15 is 0 Å². The molecule has 128 valence electrons. The zero-order valence-electron chi connectivity index (χ0n) is 13.6. The molecule has 8 heteroatoms. The number of benzene rings is 1. The minimum atomic E-state index is -0.110. The van der Waals surface area contributed by atoms with Crippen molar-refractivity contribution in [3.05, 3.63) is 72.5 Å². The van der Waals surface area contributed by atoms with E-state index in [1.807, 2.05) is 41.8 Å². The van der Waals surface area contributed by atoms with E-state index in [2.05, 4.69) is 25.4 Å². The minimum Gasteiger partial charge on any atom is -0.326 e. The van der Waals surface area contributed by atoms with Crippen molar-refractivity contribution in [1.82, 2.24) is 24.7 Å². The summed E-state index contributed by atoms with van der Waals surface area (Å²) in [6, 6.07) is 11.2. The summed E-state index contributed by atoms with van der Waals surface area (Å²) in [5.74, 6) is -0.110. The van der Waals surface area contributed by atoms with Gasteiger partial charge in [-0.1, -0.05) is 0 Å². The van der Waals surface area contributed by atoms with Crippen LogP contribution in [0.15, 0.2) is 66.8 Å². The van der Waals surface area contributed by atoms with Crippen LogP contribution in [0.25, 0.3) is 16.3 Å². The van der Waals surface area contributed by atoms with Gasteiger partial charge in [0, 0.05) is 29.0 Å². The Hall–Kier alpha value is -3.39. The Kier molecular flexibility index (Phi) is 4.48. The van der Waals surface area contributed by atoms with Crippen molar-refractivity contribution in [2.24, 2.45) is 0 Å². The van der Waals surface area contributed by atoms with E-state index in [4.69, 9.17) is 0 Å². The molecule has 0 unspecified atom stereocenters. The van der Waals surface area contributed by atoms with Crippen molar-refractivity contribution in [3.63, 3.8) is 0 Å². The quantitative estimate of drug-likeness (QED) is 0.590. The summed E-state index contributed by atoms with van der Waals surface area (Å²) in [7, 11) is 0. The number of nitrogens with zero attached hydrogens (tertiary/aromatic N) is 5. The molecule has 0 atom stereocenters. The van der Waals surface area contributed by atoms with Gasteiger partial charge in [0.05, 0.1) is 17.8 Å². The lowest BCUT2D eigenvalue weighted by Crippen LogP contribution is -2.14. The highest BCUT2D eigenvalue weighted by molar-refractivity contribution is 7.13. The van der Waals surface area contributed by atoms with Crippen molar-refractivity contribution in [2.75, 3.05) is 5.32 Å². The molecule has 26 heavy (non-hydrogen) atoms. The van der Waals surface area contributed by atoms with Crippen LogP contribution in [0.5, 0.6) is 0 Å². The van der Waals surface area contributed by atoms with Gasteiger partial charge in [-0.3, -0.25) is 9.78 Å². The molecule has 7 nitrogen and oxygen atoms in total. The topological polar surface area (TPSA) is 85.6 Å². The molecule has 0 saturated carbocycles. The van der Waals surface area contributed by atoms with Crippen LogP contribution >= 0.6 is 11.3 Å². The van der Waals surface area contributed by atoms with Crippen LogP contribution in [0.4, 0.5) is 5.69 Å². The number of nitrogens with one attached hydrogen (secondary N) is 1. The maximum absolute atomic E-state index is 12.3. The highest BCUT2D eigenvalue weighted by atomic mass is 32.1. The predicted molar refractivity (Wildman–Crippen MR) is 99.0 cm³/mol. The molecular formula is C18H14N6OS. The molecule has 3 aromatic heterocycles. The van der Waals surface area contributed by atoms with Gasteiger partial charge in [-0.05, 0) is 36.4 Å². The van der Waals surface area contributed by atoms with E-state index in [0.717, 1.165) is 27.6 Å². The summed E-state index contributed by atoms with van der Waals surface area (Å²) in [6.45, 7) is 0. The van der Waals surface area contributed by atoms with Gasteiger partial charge in [-0.25, -0.2) is 14.6 Å². The second kappa shape index (κ2) is 7.24. The lowest BCUT2D eigenvalue weighted by Gasteiger charge is -2.05. The van der Waals surface area contributed by atoms with E-state index in [-0.39, 0.29) is 12.3 Å². The molecule has 0 bridgehead atoms. The summed E-state index contributed by atoms with van der Waals surface area (Å²) in [4.78, 5) is 24.8. The van der Waals surface area contributed by atoms with E-state index in [0.29, 0.717) is 0 Å². The normalized spacial score (nSPS) is 10.6. The van der Waals surface area contributed by atoms with Crippen molar-refractivity contribution < 1.29 is 4.79 Å². The lowest BCUT2D eigenvalue weighted by molar-refractivity contribution is -0.115. The highest BCUT2D eigenvalue weighted by Gasteiger charge is 2.09. The fourth-order valence-corrected chi connectivity index (χ4v) is 3.23. The number of thiazole rings is 1. The number of amides is 1. The van der Waals surface area contributed by atoms with Crippen molar-refractivity contribution >= 4 is 22.9 Å². The Labute approximate surface area is 153 Å². The van der Waals surface area contributed by atoms with Gasteiger partial charge in [0.25, 0.3) is 0 Å². The van der Waals surface area contributed by atoms with E-state index < -0.39 is 0 Å².